The molecule has 68 valence electrons. The van der Waals surface area contributed by atoms with Gasteiger partial charge in [-0.3, -0.25) is 0 Å². The maximum absolute atomic E-state index is 8.61. The first kappa shape index (κ1) is 11.1. The fourth-order valence-electron chi connectivity index (χ4n) is 0.804. The van der Waals surface area contributed by atoms with Crippen molar-refractivity contribution in [3.8, 4) is 0 Å². The number of nitrogens with one attached hydrogen (secondary N) is 1. The third-order valence-electron chi connectivity index (χ3n) is 1.39. The molecule has 0 aromatic rings. The Morgan fingerprint density at radius 1 is 1.18 bits per heavy atom. The molecule has 0 aromatic carbocycles. The highest BCUT2D eigenvalue weighted by atomic mass is 28.3. The van der Waals surface area contributed by atoms with Crippen LogP contribution in [0.1, 0.15) is 12.8 Å². The van der Waals surface area contributed by atoms with Crippen LogP contribution in [0.3, 0.4) is 0 Å². The van der Waals surface area contributed by atoms with E-state index in [1.807, 2.05) is 0 Å². The van der Waals surface area contributed by atoms with Crippen LogP contribution < -0.4 is 11.1 Å². The second kappa shape index (κ2) is 8.16. The minimum atomic E-state index is -2.28. The Kier molecular flexibility index (Phi) is 8.20. The molecule has 0 fully saturated rings. The summed E-state index contributed by atoms with van der Waals surface area (Å²) >= 11 is 0. The zero-order valence-electron chi connectivity index (χ0n) is 6.79. The number of unbranched alkanes of at least 4 members (excludes halogenated alkanes) is 1. The van der Waals surface area contributed by atoms with Crippen LogP contribution in [0, 0.1) is 0 Å². The van der Waals surface area contributed by atoms with Gasteiger partial charge in [0.15, 0.2) is 0 Å². The molecule has 0 bridgehead atoms. The lowest BCUT2D eigenvalue weighted by Crippen LogP contribution is -2.23. The molecule has 5 N–H and O–H groups in total. The smallest absolute Gasteiger partial charge is 0.315 e. The van der Waals surface area contributed by atoms with Gasteiger partial charge >= 0.3 is 9.28 Å². The molecule has 0 amide bonds. The van der Waals surface area contributed by atoms with Gasteiger partial charge in [-0.05, 0) is 19.0 Å². The Balaban J connectivity index is 2.80. The fraction of sp³-hybridized carbons (Fsp3) is 1.00. The third-order valence-corrected chi connectivity index (χ3v) is 2.31. The molecule has 0 unspecified atom stereocenters. The Bertz CT molecular complexity index is 83.0. The van der Waals surface area contributed by atoms with Crippen LogP contribution in [0.25, 0.3) is 0 Å². The van der Waals surface area contributed by atoms with E-state index in [1.54, 1.807) is 0 Å². The lowest BCUT2D eigenvalue weighted by molar-refractivity contribution is 0.402. The zero-order chi connectivity index (χ0) is 8.53. The van der Waals surface area contributed by atoms with Crippen LogP contribution >= 0.6 is 0 Å². The van der Waals surface area contributed by atoms with Crippen LogP contribution in [0.15, 0.2) is 0 Å². The number of hydrogen-bond acceptors (Lipinski definition) is 4. The van der Waals surface area contributed by atoms with Crippen LogP contribution in [0.2, 0.25) is 6.04 Å². The Morgan fingerprint density at radius 3 is 2.45 bits per heavy atom. The van der Waals surface area contributed by atoms with E-state index in [-0.39, 0.29) is 0 Å². The van der Waals surface area contributed by atoms with Crippen molar-refractivity contribution in [3.05, 3.63) is 0 Å². The molecule has 5 heteroatoms. The molecule has 0 aliphatic carbocycles. The lowest BCUT2D eigenvalue weighted by Gasteiger charge is -2.02. The Labute approximate surface area is 69.3 Å². The van der Waals surface area contributed by atoms with E-state index in [1.165, 1.54) is 0 Å². The average molecular weight is 178 g/mol. The SMILES string of the molecule is NCCNCCCC[SiH](O)O. The van der Waals surface area contributed by atoms with Gasteiger partial charge in [0.05, 0.1) is 0 Å². The summed E-state index contributed by atoms with van der Waals surface area (Å²) in [7, 11) is -2.28. The average Bonchev–Trinajstić information content (AvgIpc) is 1.96. The van der Waals surface area contributed by atoms with Crippen molar-refractivity contribution in [3.63, 3.8) is 0 Å². The number of nitrogens with two attached hydrogens (primary N) is 1. The first-order valence-electron chi connectivity index (χ1n) is 4.04. The summed E-state index contributed by atoms with van der Waals surface area (Å²) in [5, 5.41) is 3.14. The van der Waals surface area contributed by atoms with Gasteiger partial charge in [0.25, 0.3) is 0 Å². The molecule has 0 saturated heterocycles. The predicted octanol–water partition coefficient (Wildman–Crippen LogP) is -1.48. The van der Waals surface area contributed by atoms with Crippen molar-refractivity contribution in [2.75, 3.05) is 19.6 Å². The fourth-order valence-corrected chi connectivity index (χ4v) is 1.46. The maximum atomic E-state index is 8.61. The van der Waals surface area contributed by atoms with Crippen molar-refractivity contribution in [1.82, 2.24) is 5.32 Å². The minimum absolute atomic E-state index is 0.601. The second-order valence-corrected chi connectivity index (χ2v) is 4.05. The molecular weight excluding hydrogens is 160 g/mol. The van der Waals surface area contributed by atoms with Crippen LogP contribution in [-0.2, 0) is 0 Å². The summed E-state index contributed by atoms with van der Waals surface area (Å²) < 4.78 is 0. The van der Waals surface area contributed by atoms with Crippen LogP contribution in [0.5, 0.6) is 0 Å². The van der Waals surface area contributed by atoms with Crippen LogP contribution in [-0.4, -0.2) is 38.5 Å². The first-order chi connectivity index (χ1) is 5.27. The highest BCUT2D eigenvalue weighted by Crippen LogP contribution is 1.95. The highest BCUT2D eigenvalue weighted by molar-refractivity contribution is 6.40. The van der Waals surface area contributed by atoms with E-state index in [9.17, 15) is 0 Å². The summed E-state index contributed by atoms with van der Waals surface area (Å²) in [5.74, 6) is 0. The quantitative estimate of drug-likeness (QED) is 0.283. The maximum Gasteiger partial charge on any atom is 0.315 e. The normalized spacial score (nSPS) is 10.9. The van der Waals surface area contributed by atoms with E-state index in [2.05, 4.69) is 5.32 Å². The number of hydrogen-bond donors (Lipinski definition) is 4. The molecule has 0 saturated carbocycles. The van der Waals surface area contributed by atoms with Gasteiger partial charge in [0.1, 0.15) is 0 Å². The van der Waals surface area contributed by atoms with Gasteiger partial charge in [-0.15, -0.1) is 0 Å². The van der Waals surface area contributed by atoms with Crippen LogP contribution in [0.4, 0.5) is 0 Å². The van der Waals surface area contributed by atoms with Gasteiger partial charge in [-0.2, -0.15) is 0 Å². The molecule has 0 aliphatic rings. The predicted molar refractivity (Wildman–Crippen MR) is 47.6 cm³/mol. The summed E-state index contributed by atoms with van der Waals surface area (Å²) in [6.07, 6.45) is 1.91. The summed E-state index contributed by atoms with van der Waals surface area (Å²) in [5.41, 5.74) is 5.26. The van der Waals surface area contributed by atoms with E-state index in [0.29, 0.717) is 12.6 Å². The van der Waals surface area contributed by atoms with Gasteiger partial charge < -0.3 is 20.6 Å². The largest absolute Gasteiger partial charge is 0.413 e. The molecule has 0 atom stereocenters. The van der Waals surface area contributed by atoms with Crippen molar-refractivity contribution in [2.24, 2.45) is 5.73 Å². The van der Waals surface area contributed by atoms with Crippen molar-refractivity contribution < 1.29 is 9.59 Å². The molecule has 0 spiro atoms. The summed E-state index contributed by atoms with van der Waals surface area (Å²) in [4.78, 5) is 17.2. The minimum Gasteiger partial charge on any atom is -0.413 e. The van der Waals surface area contributed by atoms with Crippen molar-refractivity contribution >= 4 is 9.28 Å². The standard InChI is InChI=1S/C6H18N2O2Si/c7-3-5-8-4-1-2-6-11(9)10/h8-11H,1-7H2. The number of rotatable bonds is 7. The van der Waals surface area contributed by atoms with Crippen molar-refractivity contribution in [1.29, 1.82) is 0 Å². The zero-order valence-corrected chi connectivity index (χ0v) is 7.95. The van der Waals surface area contributed by atoms with Gasteiger partial charge in [-0.25, -0.2) is 0 Å². The molecule has 0 aromatic heterocycles. The molecule has 11 heavy (non-hydrogen) atoms. The molecule has 0 rings (SSSR count). The second-order valence-electron chi connectivity index (χ2n) is 2.52. The molecular formula is C6H18N2O2Si. The Hall–Kier alpha value is 0.0569. The molecule has 0 heterocycles. The van der Waals surface area contributed by atoms with E-state index in [0.717, 1.165) is 25.9 Å². The summed E-state index contributed by atoms with van der Waals surface area (Å²) in [6, 6.07) is 0.601. The van der Waals surface area contributed by atoms with E-state index >= 15 is 0 Å². The molecule has 4 nitrogen and oxygen atoms in total. The third kappa shape index (κ3) is 10.1. The Morgan fingerprint density at radius 2 is 1.91 bits per heavy atom. The first-order valence-corrected chi connectivity index (χ1v) is 5.89. The summed E-state index contributed by atoms with van der Waals surface area (Å²) in [6.45, 7) is 2.44. The highest BCUT2D eigenvalue weighted by Gasteiger charge is 1.99. The van der Waals surface area contributed by atoms with Gasteiger partial charge in [0, 0.05) is 13.1 Å². The van der Waals surface area contributed by atoms with E-state index in [4.69, 9.17) is 15.3 Å². The van der Waals surface area contributed by atoms with Gasteiger partial charge in [0.2, 0.25) is 0 Å². The topological polar surface area (TPSA) is 78.5 Å². The van der Waals surface area contributed by atoms with Crippen molar-refractivity contribution in [2.45, 2.75) is 18.9 Å². The lowest BCUT2D eigenvalue weighted by atomic mass is 10.3. The van der Waals surface area contributed by atoms with Gasteiger partial charge in [-0.1, -0.05) is 6.42 Å². The molecule has 0 aliphatic heterocycles. The van der Waals surface area contributed by atoms with E-state index < -0.39 is 9.28 Å². The molecule has 0 radical (unpaired) electrons. The monoisotopic (exact) mass is 178 g/mol.